The highest BCUT2D eigenvalue weighted by Gasteiger charge is 2.22. The minimum absolute atomic E-state index is 0.247. The summed E-state index contributed by atoms with van der Waals surface area (Å²) in [5.41, 5.74) is 0.694. The molecule has 0 unspecified atom stereocenters. The van der Waals surface area contributed by atoms with Crippen molar-refractivity contribution in [1.29, 1.82) is 0 Å². The van der Waals surface area contributed by atoms with Gasteiger partial charge in [0.2, 0.25) is 10.0 Å². The van der Waals surface area contributed by atoms with Crippen molar-refractivity contribution in [2.45, 2.75) is 17.3 Å². The van der Waals surface area contributed by atoms with Crippen molar-refractivity contribution in [1.82, 2.24) is 9.29 Å². The first kappa shape index (κ1) is 13.6. The van der Waals surface area contributed by atoms with Crippen LogP contribution in [0.2, 0.25) is 0 Å². The first-order valence-corrected chi connectivity index (χ1v) is 8.11. The van der Waals surface area contributed by atoms with E-state index >= 15 is 0 Å². The van der Waals surface area contributed by atoms with E-state index in [1.54, 1.807) is 13.1 Å². The van der Waals surface area contributed by atoms with Gasteiger partial charge in [-0.1, -0.05) is 6.07 Å². The second-order valence-electron chi connectivity index (χ2n) is 3.83. The zero-order chi connectivity index (χ0) is 13.2. The highest BCUT2D eigenvalue weighted by atomic mass is 35.5. The number of rotatable bonds is 5. The maximum Gasteiger partial charge on any atom is 0.244 e. The fourth-order valence-electron chi connectivity index (χ4n) is 1.53. The van der Waals surface area contributed by atoms with Gasteiger partial charge in [0.1, 0.15) is 0 Å². The molecule has 0 saturated heterocycles. The SMILES string of the molecule is CN(Cc1cccs1)S(=O)(=O)c1c[nH]c(CCl)c1. The molecule has 98 valence electrons. The number of hydrogen-bond acceptors (Lipinski definition) is 3. The molecule has 2 aromatic heterocycles. The van der Waals surface area contributed by atoms with Crippen LogP contribution >= 0.6 is 22.9 Å². The third kappa shape index (κ3) is 2.77. The molecule has 18 heavy (non-hydrogen) atoms. The fraction of sp³-hybridized carbons (Fsp3) is 0.273. The van der Waals surface area contributed by atoms with Gasteiger partial charge in [-0.05, 0) is 17.5 Å². The van der Waals surface area contributed by atoms with Crippen LogP contribution < -0.4 is 0 Å². The molecule has 0 aliphatic carbocycles. The van der Waals surface area contributed by atoms with E-state index in [9.17, 15) is 8.42 Å². The van der Waals surface area contributed by atoms with E-state index in [4.69, 9.17) is 11.6 Å². The van der Waals surface area contributed by atoms with Crippen LogP contribution in [0, 0.1) is 0 Å². The molecule has 2 rings (SSSR count). The lowest BCUT2D eigenvalue weighted by Gasteiger charge is -2.14. The van der Waals surface area contributed by atoms with Crippen LogP contribution in [0.25, 0.3) is 0 Å². The van der Waals surface area contributed by atoms with Crippen LogP contribution in [0.3, 0.4) is 0 Å². The average Bonchev–Trinajstić information content (AvgIpc) is 2.99. The third-order valence-electron chi connectivity index (χ3n) is 2.53. The van der Waals surface area contributed by atoms with Crippen LogP contribution in [0.5, 0.6) is 0 Å². The molecule has 2 aromatic rings. The minimum atomic E-state index is -3.45. The van der Waals surface area contributed by atoms with E-state index in [-0.39, 0.29) is 10.8 Å². The number of halogens is 1. The average molecular weight is 305 g/mol. The maximum atomic E-state index is 12.3. The van der Waals surface area contributed by atoms with E-state index in [1.165, 1.54) is 21.8 Å². The number of aromatic amines is 1. The molecular formula is C11H13ClN2O2S2. The van der Waals surface area contributed by atoms with Gasteiger partial charge in [-0.3, -0.25) is 0 Å². The Balaban J connectivity index is 2.19. The van der Waals surface area contributed by atoms with Crippen molar-refractivity contribution in [2.24, 2.45) is 0 Å². The van der Waals surface area contributed by atoms with Gasteiger partial charge in [0.05, 0.1) is 10.8 Å². The smallest absolute Gasteiger partial charge is 0.244 e. The lowest BCUT2D eigenvalue weighted by atomic mass is 10.5. The number of sulfonamides is 1. The summed E-state index contributed by atoms with van der Waals surface area (Å²) in [6, 6.07) is 5.38. The molecule has 0 atom stereocenters. The second kappa shape index (κ2) is 5.44. The molecule has 7 heteroatoms. The van der Waals surface area contributed by atoms with E-state index in [1.807, 2.05) is 17.5 Å². The molecule has 0 spiro atoms. The minimum Gasteiger partial charge on any atom is -0.363 e. The summed E-state index contributed by atoms with van der Waals surface area (Å²) in [6.45, 7) is 0.376. The molecule has 2 heterocycles. The molecule has 0 saturated carbocycles. The Kier molecular flexibility index (Phi) is 4.11. The van der Waals surface area contributed by atoms with Crippen molar-refractivity contribution < 1.29 is 8.42 Å². The monoisotopic (exact) mass is 304 g/mol. The molecular weight excluding hydrogens is 292 g/mol. The van der Waals surface area contributed by atoms with Crippen molar-refractivity contribution in [3.63, 3.8) is 0 Å². The number of aromatic nitrogens is 1. The van der Waals surface area contributed by atoms with E-state index in [2.05, 4.69) is 4.98 Å². The summed E-state index contributed by atoms with van der Waals surface area (Å²) in [5, 5.41) is 1.93. The number of nitrogens with zero attached hydrogens (tertiary/aromatic N) is 1. The molecule has 1 N–H and O–H groups in total. The Morgan fingerprint density at radius 1 is 1.50 bits per heavy atom. The van der Waals surface area contributed by atoms with E-state index in [0.29, 0.717) is 12.2 Å². The Labute approximate surface area is 115 Å². The highest BCUT2D eigenvalue weighted by molar-refractivity contribution is 7.89. The van der Waals surface area contributed by atoms with Gasteiger partial charge in [0.15, 0.2) is 0 Å². The first-order chi connectivity index (χ1) is 8.54. The second-order valence-corrected chi connectivity index (χ2v) is 7.18. The summed E-state index contributed by atoms with van der Waals surface area (Å²) in [5.74, 6) is 0.268. The molecule has 4 nitrogen and oxygen atoms in total. The predicted molar refractivity (Wildman–Crippen MR) is 73.3 cm³/mol. The molecule has 0 aliphatic rings. The van der Waals surface area contributed by atoms with Crippen LogP contribution in [0.1, 0.15) is 10.6 Å². The lowest BCUT2D eigenvalue weighted by molar-refractivity contribution is 0.470. The van der Waals surface area contributed by atoms with Gasteiger partial charge in [-0.15, -0.1) is 22.9 Å². The van der Waals surface area contributed by atoms with Gasteiger partial charge in [-0.25, -0.2) is 8.42 Å². The normalized spacial score (nSPS) is 12.2. The van der Waals surface area contributed by atoms with E-state index in [0.717, 1.165) is 4.88 Å². The lowest BCUT2D eigenvalue weighted by Crippen LogP contribution is -2.25. The summed E-state index contributed by atoms with van der Waals surface area (Å²) in [7, 11) is -1.88. The zero-order valence-corrected chi connectivity index (χ0v) is 12.1. The van der Waals surface area contributed by atoms with Crippen LogP contribution in [0.4, 0.5) is 0 Å². The van der Waals surface area contributed by atoms with Crippen molar-refractivity contribution in [3.05, 3.63) is 40.3 Å². The summed E-state index contributed by atoms with van der Waals surface area (Å²) >= 11 is 7.18. The fourth-order valence-corrected chi connectivity index (χ4v) is 3.69. The van der Waals surface area contributed by atoms with Crippen molar-refractivity contribution in [3.8, 4) is 0 Å². The molecule has 0 radical (unpaired) electrons. The number of hydrogen-bond donors (Lipinski definition) is 1. The maximum absolute atomic E-state index is 12.3. The Hall–Kier alpha value is -0.820. The predicted octanol–water partition coefficient (Wildman–Crippen LogP) is 2.64. The van der Waals surface area contributed by atoms with Gasteiger partial charge in [0.25, 0.3) is 0 Å². The van der Waals surface area contributed by atoms with Crippen LogP contribution in [-0.2, 0) is 22.4 Å². The largest absolute Gasteiger partial charge is 0.363 e. The summed E-state index contributed by atoms with van der Waals surface area (Å²) in [4.78, 5) is 4.10. The Morgan fingerprint density at radius 2 is 2.28 bits per heavy atom. The summed E-state index contributed by atoms with van der Waals surface area (Å²) < 4.78 is 25.8. The molecule has 0 fully saturated rings. The molecule has 0 bridgehead atoms. The van der Waals surface area contributed by atoms with Crippen LogP contribution in [-0.4, -0.2) is 24.8 Å². The Bertz CT molecular complexity index is 605. The molecule has 0 aromatic carbocycles. The van der Waals surface area contributed by atoms with Gasteiger partial charge < -0.3 is 4.98 Å². The van der Waals surface area contributed by atoms with Gasteiger partial charge in [0, 0.05) is 30.4 Å². The molecule has 0 amide bonds. The van der Waals surface area contributed by atoms with Gasteiger partial charge in [-0.2, -0.15) is 4.31 Å². The number of thiophene rings is 1. The topological polar surface area (TPSA) is 53.2 Å². The summed E-state index contributed by atoms with van der Waals surface area (Å²) in [6.07, 6.45) is 1.47. The number of alkyl halides is 1. The highest BCUT2D eigenvalue weighted by Crippen LogP contribution is 2.20. The van der Waals surface area contributed by atoms with Crippen LogP contribution in [0.15, 0.2) is 34.7 Å². The van der Waals surface area contributed by atoms with Crippen molar-refractivity contribution >= 4 is 33.0 Å². The number of nitrogens with one attached hydrogen (secondary N) is 1. The quantitative estimate of drug-likeness (QED) is 0.863. The van der Waals surface area contributed by atoms with Crippen molar-refractivity contribution in [2.75, 3.05) is 7.05 Å². The van der Waals surface area contributed by atoms with E-state index < -0.39 is 10.0 Å². The standard InChI is InChI=1S/C11H13ClN2O2S2/c1-14(8-10-3-2-4-17-10)18(15,16)11-5-9(6-12)13-7-11/h2-5,7,13H,6,8H2,1H3. The molecule has 0 aliphatic heterocycles. The number of H-pyrrole nitrogens is 1. The van der Waals surface area contributed by atoms with Gasteiger partial charge >= 0.3 is 0 Å². The first-order valence-electron chi connectivity index (χ1n) is 5.26. The zero-order valence-electron chi connectivity index (χ0n) is 9.76. The third-order valence-corrected chi connectivity index (χ3v) is 5.46. The Morgan fingerprint density at radius 3 is 2.83 bits per heavy atom.